The van der Waals surface area contributed by atoms with E-state index < -0.39 is 0 Å². The Morgan fingerprint density at radius 3 is 2.41 bits per heavy atom. The summed E-state index contributed by atoms with van der Waals surface area (Å²) in [6.07, 6.45) is 5.20. The third kappa shape index (κ3) is 5.06. The normalized spacial score (nSPS) is 18.4. The van der Waals surface area contributed by atoms with Crippen molar-refractivity contribution in [1.29, 1.82) is 0 Å². The van der Waals surface area contributed by atoms with Gasteiger partial charge in [-0.3, -0.25) is 14.5 Å². The SMILES string of the molecule is CC(=O)c1ccc(N2CCN(C(=O)CN(C)CC3CCCC3)CC2)c(F)c1. The van der Waals surface area contributed by atoms with E-state index in [0.29, 0.717) is 44.0 Å². The van der Waals surface area contributed by atoms with Gasteiger partial charge in [0, 0.05) is 38.3 Å². The Morgan fingerprint density at radius 1 is 1.15 bits per heavy atom. The number of piperazine rings is 1. The maximum atomic E-state index is 14.3. The summed E-state index contributed by atoms with van der Waals surface area (Å²) in [5, 5.41) is 0. The third-order valence-corrected chi connectivity index (χ3v) is 5.78. The summed E-state index contributed by atoms with van der Waals surface area (Å²) in [5.74, 6) is 0.375. The van der Waals surface area contributed by atoms with Gasteiger partial charge in [-0.05, 0) is 50.9 Å². The lowest BCUT2D eigenvalue weighted by molar-refractivity contribution is -0.132. The van der Waals surface area contributed by atoms with Crippen molar-refractivity contribution >= 4 is 17.4 Å². The van der Waals surface area contributed by atoms with E-state index in [0.717, 1.165) is 12.5 Å². The minimum absolute atomic E-state index is 0.141. The molecule has 1 aromatic rings. The summed E-state index contributed by atoms with van der Waals surface area (Å²) in [4.78, 5) is 29.9. The highest BCUT2D eigenvalue weighted by atomic mass is 19.1. The van der Waals surface area contributed by atoms with E-state index in [-0.39, 0.29) is 17.5 Å². The molecule has 1 saturated carbocycles. The second-order valence-corrected chi connectivity index (χ2v) is 7.94. The summed E-state index contributed by atoms with van der Waals surface area (Å²) in [6, 6.07) is 4.63. The van der Waals surface area contributed by atoms with E-state index in [1.807, 2.05) is 16.8 Å². The molecule has 0 spiro atoms. The van der Waals surface area contributed by atoms with Crippen LogP contribution >= 0.6 is 0 Å². The van der Waals surface area contributed by atoms with Crippen molar-refractivity contribution in [2.45, 2.75) is 32.6 Å². The lowest BCUT2D eigenvalue weighted by Gasteiger charge is -2.37. The molecule has 0 unspecified atom stereocenters. The summed E-state index contributed by atoms with van der Waals surface area (Å²) in [5.41, 5.74) is 0.890. The fraction of sp³-hybridized carbons (Fsp3) is 0.619. The molecule has 1 aliphatic heterocycles. The van der Waals surface area contributed by atoms with Crippen molar-refractivity contribution in [2.24, 2.45) is 5.92 Å². The van der Waals surface area contributed by atoms with E-state index in [1.54, 1.807) is 12.1 Å². The van der Waals surface area contributed by atoms with Crippen molar-refractivity contribution in [3.05, 3.63) is 29.6 Å². The average molecular weight is 375 g/mol. The van der Waals surface area contributed by atoms with Gasteiger partial charge in [-0.2, -0.15) is 0 Å². The molecule has 0 aromatic heterocycles. The maximum Gasteiger partial charge on any atom is 0.236 e. The summed E-state index contributed by atoms with van der Waals surface area (Å²) >= 11 is 0. The largest absolute Gasteiger partial charge is 0.366 e. The first-order chi connectivity index (χ1) is 12.9. The number of hydrogen-bond donors (Lipinski definition) is 0. The van der Waals surface area contributed by atoms with Crippen LogP contribution in [-0.4, -0.2) is 67.8 Å². The molecular formula is C21H30FN3O2. The second-order valence-electron chi connectivity index (χ2n) is 7.94. The Labute approximate surface area is 161 Å². The zero-order valence-corrected chi connectivity index (χ0v) is 16.4. The fourth-order valence-electron chi connectivity index (χ4n) is 4.21. The molecule has 1 amide bonds. The standard InChI is InChI=1S/C21H30FN3O2/c1-16(26)18-7-8-20(19(22)13-18)24-9-11-25(12-10-24)21(27)15-23(2)14-17-5-3-4-6-17/h7-8,13,17H,3-6,9-12,14-15H2,1-2H3. The fourth-order valence-corrected chi connectivity index (χ4v) is 4.21. The molecule has 1 aromatic carbocycles. The Kier molecular flexibility index (Phi) is 6.47. The van der Waals surface area contributed by atoms with Gasteiger partial charge in [0.25, 0.3) is 0 Å². The van der Waals surface area contributed by atoms with Crippen LogP contribution in [0, 0.1) is 11.7 Å². The smallest absolute Gasteiger partial charge is 0.236 e. The second kappa shape index (κ2) is 8.83. The Morgan fingerprint density at radius 2 is 1.81 bits per heavy atom. The number of hydrogen-bond acceptors (Lipinski definition) is 4. The minimum atomic E-state index is -0.376. The minimum Gasteiger partial charge on any atom is -0.366 e. The van der Waals surface area contributed by atoms with Crippen LogP contribution in [0.3, 0.4) is 0 Å². The molecule has 0 bridgehead atoms. The van der Waals surface area contributed by atoms with Gasteiger partial charge < -0.3 is 9.80 Å². The van der Waals surface area contributed by atoms with Crippen molar-refractivity contribution in [3.63, 3.8) is 0 Å². The quantitative estimate of drug-likeness (QED) is 0.717. The molecule has 27 heavy (non-hydrogen) atoms. The Balaban J connectivity index is 1.49. The number of rotatable bonds is 6. The molecule has 1 heterocycles. The van der Waals surface area contributed by atoms with Crippen LogP contribution in [0.2, 0.25) is 0 Å². The van der Waals surface area contributed by atoms with E-state index in [9.17, 15) is 14.0 Å². The molecule has 0 N–H and O–H groups in total. The predicted octanol–water partition coefficient (Wildman–Crippen LogP) is 2.80. The number of anilines is 1. The van der Waals surface area contributed by atoms with Crippen molar-refractivity contribution in [2.75, 3.05) is 51.2 Å². The lowest BCUT2D eigenvalue weighted by Crippen LogP contribution is -2.51. The first-order valence-corrected chi connectivity index (χ1v) is 9.96. The number of carbonyl (C=O) groups excluding carboxylic acids is 2. The molecule has 5 nitrogen and oxygen atoms in total. The number of benzene rings is 1. The van der Waals surface area contributed by atoms with Gasteiger partial charge in [0.15, 0.2) is 5.78 Å². The van der Waals surface area contributed by atoms with E-state index in [4.69, 9.17) is 0 Å². The number of ketones is 1. The van der Waals surface area contributed by atoms with Crippen LogP contribution in [0.25, 0.3) is 0 Å². The van der Waals surface area contributed by atoms with E-state index in [1.165, 1.54) is 38.7 Å². The monoisotopic (exact) mass is 375 g/mol. The summed E-state index contributed by atoms with van der Waals surface area (Å²) in [6.45, 7) is 5.30. The van der Waals surface area contributed by atoms with Crippen molar-refractivity contribution in [1.82, 2.24) is 9.80 Å². The predicted molar refractivity (Wildman–Crippen MR) is 105 cm³/mol. The van der Waals surface area contributed by atoms with Gasteiger partial charge in [0.05, 0.1) is 12.2 Å². The zero-order valence-electron chi connectivity index (χ0n) is 16.4. The topological polar surface area (TPSA) is 43.9 Å². The average Bonchev–Trinajstić information content (AvgIpc) is 3.14. The molecule has 2 aliphatic rings. The van der Waals surface area contributed by atoms with Crippen LogP contribution in [0.1, 0.15) is 43.0 Å². The number of nitrogens with zero attached hydrogens (tertiary/aromatic N) is 3. The molecular weight excluding hydrogens is 345 g/mol. The van der Waals surface area contributed by atoms with Crippen LogP contribution < -0.4 is 4.90 Å². The molecule has 0 radical (unpaired) electrons. The zero-order chi connectivity index (χ0) is 19.4. The Bertz CT molecular complexity index is 680. The maximum absolute atomic E-state index is 14.3. The summed E-state index contributed by atoms with van der Waals surface area (Å²) in [7, 11) is 2.03. The van der Waals surface area contributed by atoms with Crippen molar-refractivity contribution in [3.8, 4) is 0 Å². The summed E-state index contributed by atoms with van der Waals surface area (Å²) < 4.78 is 14.3. The van der Waals surface area contributed by atoms with Gasteiger partial charge in [0.2, 0.25) is 5.91 Å². The van der Waals surface area contributed by atoms with Crippen LogP contribution in [0.5, 0.6) is 0 Å². The molecule has 148 valence electrons. The molecule has 1 aliphatic carbocycles. The highest BCUT2D eigenvalue weighted by molar-refractivity contribution is 5.94. The van der Waals surface area contributed by atoms with Gasteiger partial charge >= 0.3 is 0 Å². The number of carbonyl (C=O) groups is 2. The molecule has 3 rings (SSSR count). The molecule has 2 fully saturated rings. The molecule has 6 heteroatoms. The van der Waals surface area contributed by atoms with Gasteiger partial charge in [-0.25, -0.2) is 4.39 Å². The number of halogens is 1. The lowest BCUT2D eigenvalue weighted by atomic mass is 10.1. The number of amides is 1. The van der Waals surface area contributed by atoms with Crippen LogP contribution in [-0.2, 0) is 4.79 Å². The van der Waals surface area contributed by atoms with Crippen molar-refractivity contribution < 1.29 is 14.0 Å². The van der Waals surface area contributed by atoms with Gasteiger partial charge in [-0.15, -0.1) is 0 Å². The van der Waals surface area contributed by atoms with E-state index in [2.05, 4.69) is 4.90 Å². The molecule has 0 atom stereocenters. The number of likely N-dealkylation sites (N-methyl/N-ethyl adjacent to an activating group) is 1. The third-order valence-electron chi connectivity index (χ3n) is 5.78. The first kappa shape index (κ1) is 19.8. The first-order valence-electron chi connectivity index (χ1n) is 9.96. The van der Waals surface area contributed by atoms with Crippen LogP contribution in [0.15, 0.2) is 18.2 Å². The van der Waals surface area contributed by atoms with Crippen LogP contribution in [0.4, 0.5) is 10.1 Å². The molecule has 1 saturated heterocycles. The van der Waals surface area contributed by atoms with E-state index >= 15 is 0 Å². The highest BCUT2D eigenvalue weighted by Gasteiger charge is 2.25. The number of Topliss-reactive ketones (excluding diaryl/α,β-unsaturated/α-hetero) is 1. The van der Waals surface area contributed by atoms with Gasteiger partial charge in [0.1, 0.15) is 5.82 Å². The van der Waals surface area contributed by atoms with Gasteiger partial charge in [-0.1, -0.05) is 12.8 Å². The highest BCUT2D eigenvalue weighted by Crippen LogP contribution is 2.25. The Hall–Kier alpha value is -1.95.